The molecule has 0 saturated carbocycles. The zero-order chi connectivity index (χ0) is 21.6. The van der Waals surface area contributed by atoms with Gasteiger partial charge in [0.05, 0.1) is 31.2 Å². The molecule has 5 nitrogen and oxygen atoms in total. The van der Waals surface area contributed by atoms with Gasteiger partial charge in [-0.1, -0.05) is 17.3 Å². The average molecular weight is 436 g/mol. The molecule has 0 unspecified atom stereocenters. The molecule has 0 aliphatic heterocycles. The highest BCUT2D eigenvalue weighted by atomic mass is 32.1. The van der Waals surface area contributed by atoms with E-state index in [1.54, 1.807) is 30.8 Å². The molecular weight excluding hydrogens is 417 g/mol. The predicted molar refractivity (Wildman–Crippen MR) is 109 cm³/mol. The lowest BCUT2D eigenvalue weighted by Crippen LogP contribution is -2.03. The van der Waals surface area contributed by atoms with E-state index in [4.69, 9.17) is 14.3 Å². The maximum atomic E-state index is 12.7. The van der Waals surface area contributed by atoms with Crippen LogP contribution in [0.2, 0.25) is 0 Å². The SMILES string of the molecule is CCOc1ccc(/C=N/OCc2csc(-c3ccc(C(F)(F)F)cc3)n2)cc1OC. The van der Waals surface area contributed by atoms with E-state index in [1.165, 1.54) is 23.5 Å². The van der Waals surface area contributed by atoms with Gasteiger partial charge in [-0.25, -0.2) is 4.98 Å². The van der Waals surface area contributed by atoms with E-state index >= 15 is 0 Å². The van der Waals surface area contributed by atoms with Gasteiger partial charge in [0, 0.05) is 16.5 Å². The molecule has 0 aliphatic rings. The van der Waals surface area contributed by atoms with E-state index in [9.17, 15) is 13.2 Å². The lowest BCUT2D eigenvalue weighted by molar-refractivity contribution is -0.137. The molecule has 0 saturated heterocycles. The van der Waals surface area contributed by atoms with Crippen LogP contribution in [0.5, 0.6) is 11.5 Å². The number of aromatic nitrogens is 1. The quantitative estimate of drug-likeness (QED) is 0.331. The fourth-order valence-corrected chi connectivity index (χ4v) is 3.36. The van der Waals surface area contributed by atoms with E-state index < -0.39 is 11.7 Å². The molecule has 158 valence electrons. The second kappa shape index (κ2) is 9.62. The fourth-order valence-electron chi connectivity index (χ4n) is 2.55. The molecule has 3 rings (SSSR count). The van der Waals surface area contributed by atoms with Crippen molar-refractivity contribution >= 4 is 17.6 Å². The summed E-state index contributed by atoms with van der Waals surface area (Å²) in [5.74, 6) is 1.25. The summed E-state index contributed by atoms with van der Waals surface area (Å²) in [7, 11) is 1.56. The van der Waals surface area contributed by atoms with Crippen LogP contribution in [0.15, 0.2) is 53.0 Å². The highest BCUT2D eigenvalue weighted by molar-refractivity contribution is 7.13. The third kappa shape index (κ3) is 5.50. The molecule has 3 aromatic rings. The summed E-state index contributed by atoms with van der Waals surface area (Å²) in [6.45, 7) is 2.57. The minimum absolute atomic E-state index is 0.141. The van der Waals surface area contributed by atoms with Crippen molar-refractivity contribution in [1.29, 1.82) is 0 Å². The van der Waals surface area contributed by atoms with Gasteiger partial charge in [0.2, 0.25) is 0 Å². The zero-order valence-electron chi connectivity index (χ0n) is 16.3. The van der Waals surface area contributed by atoms with Crippen molar-refractivity contribution < 1.29 is 27.5 Å². The van der Waals surface area contributed by atoms with Crippen LogP contribution in [0, 0.1) is 0 Å². The molecule has 0 spiro atoms. The van der Waals surface area contributed by atoms with Gasteiger partial charge in [0.15, 0.2) is 18.1 Å². The fraction of sp³-hybridized carbons (Fsp3) is 0.238. The van der Waals surface area contributed by atoms with Crippen LogP contribution in [0.1, 0.15) is 23.7 Å². The number of oxime groups is 1. The van der Waals surface area contributed by atoms with Gasteiger partial charge >= 0.3 is 6.18 Å². The maximum absolute atomic E-state index is 12.7. The Morgan fingerprint density at radius 3 is 2.53 bits per heavy atom. The molecule has 0 N–H and O–H groups in total. The average Bonchev–Trinajstić information content (AvgIpc) is 3.21. The number of hydrogen-bond acceptors (Lipinski definition) is 6. The van der Waals surface area contributed by atoms with E-state index in [2.05, 4.69) is 10.1 Å². The highest BCUT2D eigenvalue weighted by Crippen LogP contribution is 2.32. The third-order valence-corrected chi connectivity index (χ3v) is 4.93. The molecule has 30 heavy (non-hydrogen) atoms. The Morgan fingerprint density at radius 1 is 1.10 bits per heavy atom. The minimum Gasteiger partial charge on any atom is -0.493 e. The van der Waals surface area contributed by atoms with E-state index in [0.29, 0.717) is 34.4 Å². The van der Waals surface area contributed by atoms with Crippen LogP contribution in [-0.4, -0.2) is 24.9 Å². The van der Waals surface area contributed by atoms with E-state index in [0.717, 1.165) is 17.7 Å². The number of thiazole rings is 1. The van der Waals surface area contributed by atoms with Crippen molar-refractivity contribution in [3.63, 3.8) is 0 Å². The van der Waals surface area contributed by atoms with Crippen molar-refractivity contribution in [1.82, 2.24) is 4.98 Å². The number of hydrogen-bond donors (Lipinski definition) is 0. The number of methoxy groups -OCH3 is 1. The van der Waals surface area contributed by atoms with Gasteiger partial charge < -0.3 is 14.3 Å². The van der Waals surface area contributed by atoms with Gasteiger partial charge in [0.1, 0.15) is 5.01 Å². The Bertz CT molecular complexity index is 1000. The third-order valence-electron chi connectivity index (χ3n) is 3.99. The number of halogens is 3. The summed E-state index contributed by atoms with van der Waals surface area (Å²) in [6.07, 6.45) is -2.81. The van der Waals surface area contributed by atoms with Gasteiger partial charge in [-0.3, -0.25) is 0 Å². The monoisotopic (exact) mass is 436 g/mol. The Hall–Kier alpha value is -3.07. The lowest BCUT2D eigenvalue weighted by atomic mass is 10.1. The number of rotatable bonds is 8. The van der Waals surface area contributed by atoms with Crippen LogP contribution in [0.25, 0.3) is 10.6 Å². The molecule has 0 bridgehead atoms. The topological polar surface area (TPSA) is 52.9 Å². The number of benzene rings is 2. The van der Waals surface area contributed by atoms with Crippen LogP contribution in [0.4, 0.5) is 13.2 Å². The second-order valence-corrected chi connectivity index (χ2v) is 6.93. The molecule has 0 aliphatic carbocycles. The van der Waals surface area contributed by atoms with Crippen LogP contribution in [0.3, 0.4) is 0 Å². The van der Waals surface area contributed by atoms with Crippen LogP contribution < -0.4 is 9.47 Å². The Labute approximate surface area is 175 Å². The first-order chi connectivity index (χ1) is 14.4. The molecule has 9 heteroatoms. The Balaban J connectivity index is 1.58. The summed E-state index contributed by atoms with van der Waals surface area (Å²) >= 11 is 1.33. The predicted octanol–water partition coefficient (Wildman–Crippen LogP) is 5.79. The van der Waals surface area contributed by atoms with Gasteiger partial charge in [-0.15, -0.1) is 11.3 Å². The van der Waals surface area contributed by atoms with Crippen LogP contribution >= 0.6 is 11.3 Å². The Kier molecular flexibility index (Phi) is 6.94. The number of ether oxygens (including phenoxy) is 2. The van der Waals surface area contributed by atoms with Crippen molar-refractivity contribution in [3.05, 3.63) is 64.7 Å². The first kappa shape index (κ1) is 21.6. The summed E-state index contributed by atoms with van der Waals surface area (Å²) in [6, 6.07) is 10.3. The highest BCUT2D eigenvalue weighted by Gasteiger charge is 2.30. The maximum Gasteiger partial charge on any atom is 0.416 e. The normalized spacial score (nSPS) is 11.6. The molecule has 0 amide bonds. The van der Waals surface area contributed by atoms with Crippen LogP contribution in [-0.2, 0) is 17.6 Å². The minimum atomic E-state index is -4.36. The summed E-state index contributed by atoms with van der Waals surface area (Å²) < 4.78 is 48.7. The number of nitrogens with zero attached hydrogens (tertiary/aromatic N) is 2. The van der Waals surface area contributed by atoms with Crippen molar-refractivity contribution in [2.75, 3.05) is 13.7 Å². The standard InChI is InChI=1S/C21H19F3N2O3S/c1-3-28-18-9-4-14(10-19(18)27-2)11-25-29-12-17-13-30-20(26-17)15-5-7-16(8-6-15)21(22,23)24/h4-11,13H,3,12H2,1-2H3/b25-11+. The molecule has 0 fully saturated rings. The smallest absolute Gasteiger partial charge is 0.416 e. The van der Waals surface area contributed by atoms with Crippen molar-refractivity contribution in [2.24, 2.45) is 5.16 Å². The summed E-state index contributed by atoms with van der Waals surface area (Å²) in [4.78, 5) is 9.66. The molecule has 0 radical (unpaired) electrons. The largest absolute Gasteiger partial charge is 0.493 e. The first-order valence-electron chi connectivity index (χ1n) is 8.99. The summed E-state index contributed by atoms with van der Waals surface area (Å²) in [5, 5.41) is 6.32. The molecule has 2 aromatic carbocycles. The van der Waals surface area contributed by atoms with E-state index in [1.807, 2.05) is 13.0 Å². The number of alkyl halides is 3. The molecule has 1 heterocycles. The summed E-state index contributed by atoms with van der Waals surface area (Å²) in [5.41, 5.74) is 1.34. The molecule has 1 aromatic heterocycles. The molecular formula is C21H19F3N2O3S. The Morgan fingerprint density at radius 2 is 1.87 bits per heavy atom. The van der Waals surface area contributed by atoms with Gasteiger partial charge in [-0.05, 0) is 37.3 Å². The van der Waals surface area contributed by atoms with Crippen molar-refractivity contribution in [2.45, 2.75) is 19.7 Å². The molecule has 0 atom stereocenters. The lowest BCUT2D eigenvalue weighted by Gasteiger charge is -2.09. The van der Waals surface area contributed by atoms with E-state index in [-0.39, 0.29) is 6.61 Å². The zero-order valence-corrected chi connectivity index (χ0v) is 17.1. The first-order valence-corrected chi connectivity index (χ1v) is 9.87. The van der Waals surface area contributed by atoms with Gasteiger partial charge in [0.25, 0.3) is 0 Å². The van der Waals surface area contributed by atoms with Crippen molar-refractivity contribution in [3.8, 4) is 22.1 Å². The second-order valence-electron chi connectivity index (χ2n) is 6.07. The van der Waals surface area contributed by atoms with Gasteiger partial charge in [-0.2, -0.15) is 13.2 Å².